The number of hydrogen-bond donors (Lipinski definition) is 1. The minimum absolute atomic E-state index is 0.268. The predicted octanol–water partition coefficient (Wildman–Crippen LogP) is 2.92. The molecule has 1 atom stereocenters. The Morgan fingerprint density at radius 3 is 2.45 bits per heavy atom. The summed E-state index contributed by atoms with van der Waals surface area (Å²) in [5.74, 6) is -3.52. The molecule has 0 saturated heterocycles. The van der Waals surface area contributed by atoms with E-state index in [2.05, 4.69) is 4.74 Å². The van der Waals surface area contributed by atoms with Crippen LogP contribution < -0.4 is 10.5 Å². The maximum atomic E-state index is 12.6. The largest absolute Gasteiger partial charge is 0.497 e. The van der Waals surface area contributed by atoms with Crippen molar-refractivity contribution in [1.82, 2.24) is 0 Å². The standard InChI is InChI=1S/C13H17F4NO2/c1-8-5-9(19-2)3-4-10(8)11(18)6-20-7-13(16,17)12(14)15/h3-5,11-12H,6-7,18H2,1-2H3. The summed E-state index contributed by atoms with van der Waals surface area (Å²) in [6.07, 6.45) is -3.75. The van der Waals surface area contributed by atoms with Crippen molar-refractivity contribution >= 4 is 0 Å². The molecule has 0 bridgehead atoms. The minimum Gasteiger partial charge on any atom is -0.497 e. The molecule has 3 nitrogen and oxygen atoms in total. The Bertz CT molecular complexity index is 440. The maximum Gasteiger partial charge on any atom is 0.330 e. The molecule has 0 fully saturated rings. The van der Waals surface area contributed by atoms with Crippen molar-refractivity contribution in [3.8, 4) is 5.75 Å². The molecule has 2 N–H and O–H groups in total. The van der Waals surface area contributed by atoms with Crippen LogP contribution in [0.15, 0.2) is 18.2 Å². The number of hydrogen-bond acceptors (Lipinski definition) is 3. The van der Waals surface area contributed by atoms with E-state index < -0.39 is 25.0 Å². The Kier molecular flexibility index (Phi) is 5.76. The van der Waals surface area contributed by atoms with E-state index in [9.17, 15) is 17.6 Å². The average Bonchev–Trinajstić information content (AvgIpc) is 2.37. The molecule has 0 aliphatic carbocycles. The van der Waals surface area contributed by atoms with Crippen molar-refractivity contribution in [3.05, 3.63) is 29.3 Å². The van der Waals surface area contributed by atoms with Crippen LogP contribution in [0.5, 0.6) is 5.75 Å². The summed E-state index contributed by atoms with van der Waals surface area (Å²) < 4.78 is 58.8. The molecular weight excluding hydrogens is 278 g/mol. The molecule has 0 aliphatic heterocycles. The number of rotatable bonds is 7. The number of benzene rings is 1. The van der Waals surface area contributed by atoms with Gasteiger partial charge in [0.15, 0.2) is 0 Å². The fraction of sp³-hybridized carbons (Fsp3) is 0.538. The summed E-state index contributed by atoms with van der Waals surface area (Å²) >= 11 is 0. The summed E-state index contributed by atoms with van der Waals surface area (Å²) in [6.45, 7) is 0.161. The Morgan fingerprint density at radius 2 is 1.95 bits per heavy atom. The van der Waals surface area contributed by atoms with Gasteiger partial charge in [0.05, 0.1) is 19.8 Å². The highest BCUT2D eigenvalue weighted by molar-refractivity contribution is 5.36. The number of aryl methyl sites for hydroxylation is 1. The molecule has 0 radical (unpaired) electrons. The van der Waals surface area contributed by atoms with E-state index in [1.54, 1.807) is 25.1 Å². The van der Waals surface area contributed by atoms with Gasteiger partial charge in [0.2, 0.25) is 0 Å². The molecule has 20 heavy (non-hydrogen) atoms. The van der Waals surface area contributed by atoms with Gasteiger partial charge in [-0.15, -0.1) is 0 Å². The quantitative estimate of drug-likeness (QED) is 0.787. The molecule has 0 aromatic heterocycles. The first-order valence-corrected chi connectivity index (χ1v) is 5.91. The van der Waals surface area contributed by atoms with E-state index in [0.717, 1.165) is 5.56 Å². The van der Waals surface area contributed by atoms with E-state index in [4.69, 9.17) is 10.5 Å². The van der Waals surface area contributed by atoms with Gasteiger partial charge in [-0.3, -0.25) is 0 Å². The molecule has 0 saturated carbocycles. The lowest BCUT2D eigenvalue weighted by molar-refractivity contribution is -0.166. The zero-order valence-corrected chi connectivity index (χ0v) is 11.2. The van der Waals surface area contributed by atoms with Crippen LogP contribution in [0.4, 0.5) is 17.6 Å². The number of ether oxygens (including phenoxy) is 2. The van der Waals surface area contributed by atoms with Gasteiger partial charge in [0.25, 0.3) is 0 Å². The topological polar surface area (TPSA) is 44.5 Å². The lowest BCUT2D eigenvalue weighted by Crippen LogP contribution is -2.33. The van der Waals surface area contributed by atoms with E-state index in [1.165, 1.54) is 7.11 Å². The van der Waals surface area contributed by atoms with E-state index >= 15 is 0 Å². The molecule has 1 rings (SSSR count). The molecule has 0 spiro atoms. The van der Waals surface area contributed by atoms with Gasteiger partial charge in [0, 0.05) is 0 Å². The Morgan fingerprint density at radius 1 is 1.30 bits per heavy atom. The molecule has 0 aliphatic rings. The summed E-state index contributed by atoms with van der Waals surface area (Å²) in [5.41, 5.74) is 7.29. The van der Waals surface area contributed by atoms with E-state index in [-0.39, 0.29) is 6.61 Å². The highest BCUT2D eigenvalue weighted by Crippen LogP contribution is 2.25. The van der Waals surface area contributed by atoms with Crippen molar-refractivity contribution < 1.29 is 27.0 Å². The molecule has 7 heteroatoms. The number of methoxy groups -OCH3 is 1. The van der Waals surface area contributed by atoms with Crippen molar-refractivity contribution in [2.45, 2.75) is 25.3 Å². The molecular formula is C13H17F4NO2. The Balaban J connectivity index is 2.57. The number of nitrogens with two attached hydrogens (primary N) is 1. The molecule has 0 amide bonds. The van der Waals surface area contributed by atoms with E-state index in [0.29, 0.717) is 11.3 Å². The highest BCUT2D eigenvalue weighted by Gasteiger charge is 2.41. The Hall–Kier alpha value is -1.34. The second-order valence-electron chi connectivity index (χ2n) is 4.41. The summed E-state index contributed by atoms with van der Waals surface area (Å²) in [4.78, 5) is 0. The third-order valence-electron chi connectivity index (χ3n) is 2.79. The van der Waals surface area contributed by atoms with Crippen LogP contribution in [0.1, 0.15) is 17.2 Å². The lowest BCUT2D eigenvalue weighted by Gasteiger charge is -2.19. The normalized spacial score (nSPS) is 13.6. The van der Waals surface area contributed by atoms with Gasteiger partial charge in [0.1, 0.15) is 12.4 Å². The lowest BCUT2D eigenvalue weighted by atomic mass is 10.0. The fourth-order valence-electron chi connectivity index (χ4n) is 1.67. The van der Waals surface area contributed by atoms with E-state index in [1.807, 2.05) is 0 Å². The predicted molar refractivity (Wildman–Crippen MR) is 66.4 cm³/mol. The second-order valence-corrected chi connectivity index (χ2v) is 4.41. The maximum absolute atomic E-state index is 12.6. The van der Waals surface area contributed by atoms with Gasteiger partial charge < -0.3 is 15.2 Å². The zero-order chi connectivity index (χ0) is 15.3. The van der Waals surface area contributed by atoms with Crippen molar-refractivity contribution in [2.75, 3.05) is 20.3 Å². The summed E-state index contributed by atoms with van der Waals surface area (Å²) in [5, 5.41) is 0. The van der Waals surface area contributed by atoms with Crippen LogP contribution >= 0.6 is 0 Å². The SMILES string of the molecule is COc1ccc(C(N)COCC(F)(F)C(F)F)c(C)c1. The first kappa shape index (κ1) is 16.7. The van der Waals surface area contributed by atoms with Crippen LogP contribution in [-0.2, 0) is 4.74 Å². The molecule has 1 aromatic rings. The number of alkyl halides is 4. The van der Waals surface area contributed by atoms with Crippen LogP contribution in [-0.4, -0.2) is 32.7 Å². The van der Waals surface area contributed by atoms with Crippen molar-refractivity contribution in [2.24, 2.45) is 5.73 Å². The minimum atomic E-state index is -4.16. The van der Waals surface area contributed by atoms with Crippen molar-refractivity contribution in [3.63, 3.8) is 0 Å². The molecule has 1 unspecified atom stereocenters. The molecule has 114 valence electrons. The fourth-order valence-corrected chi connectivity index (χ4v) is 1.67. The third-order valence-corrected chi connectivity index (χ3v) is 2.79. The summed E-state index contributed by atoms with van der Waals surface area (Å²) in [7, 11) is 1.52. The van der Waals surface area contributed by atoms with Crippen LogP contribution in [0.25, 0.3) is 0 Å². The smallest absolute Gasteiger partial charge is 0.330 e. The van der Waals surface area contributed by atoms with Crippen LogP contribution in [0.3, 0.4) is 0 Å². The first-order valence-electron chi connectivity index (χ1n) is 5.91. The average molecular weight is 295 g/mol. The highest BCUT2D eigenvalue weighted by atomic mass is 19.3. The molecule has 0 heterocycles. The van der Waals surface area contributed by atoms with Gasteiger partial charge in [-0.2, -0.15) is 8.78 Å². The van der Waals surface area contributed by atoms with Gasteiger partial charge >= 0.3 is 12.3 Å². The van der Waals surface area contributed by atoms with Crippen LogP contribution in [0, 0.1) is 6.92 Å². The number of halogens is 4. The van der Waals surface area contributed by atoms with Crippen LogP contribution in [0.2, 0.25) is 0 Å². The third kappa shape index (κ3) is 4.35. The monoisotopic (exact) mass is 295 g/mol. The first-order chi connectivity index (χ1) is 9.27. The van der Waals surface area contributed by atoms with Crippen molar-refractivity contribution in [1.29, 1.82) is 0 Å². The second kappa shape index (κ2) is 6.90. The van der Waals surface area contributed by atoms with Gasteiger partial charge in [-0.05, 0) is 30.2 Å². The molecule has 1 aromatic carbocycles. The van der Waals surface area contributed by atoms with Gasteiger partial charge in [-0.1, -0.05) is 6.07 Å². The van der Waals surface area contributed by atoms with Gasteiger partial charge in [-0.25, -0.2) is 8.78 Å². The summed E-state index contributed by atoms with van der Waals surface area (Å²) in [6, 6.07) is 4.43. The zero-order valence-electron chi connectivity index (χ0n) is 11.2. The Labute approximate surface area is 114 Å².